The molecule has 68 valence electrons. The van der Waals surface area contributed by atoms with E-state index in [0.29, 0.717) is 0 Å². The molecule has 13 heavy (non-hydrogen) atoms. The summed E-state index contributed by atoms with van der Waals surface area (Å²) in [5, 5.41) is 3.21. The second kappa shape index (κ2) is 2.93. The number of piperidine rings is 1. The van der Waals surface area contributed by atoms with Gasteiger partial charge in [0.25, 0.3) is 0 Å². The van der Waals surface area contributed by atoms with E-state index >= 15 is 0 Å². The van der Waals surface area contributed by atoms with Gasteiger partial charge in [-0.1, -0.05) is 0 Å². The van der Waals surface area contributed by atoms with Crippen molar-refractivity contribution in [3.8, 4) is 0 Å². The van der Waals surface area contributed by atoms with Crippen molar-refractivity contribution in [1.82, 2.24) is 9.88 Å². The highest BCUT2D eigenvalue weighted by atomic mass is 32.1. The smallest absolute Gasteiger partial charge is 0.116 e. The summed E-state index contributed by atoms with van der Waals surface area (Å²) >= 11 is 1.73. The number of thiazole rings is 1. The van der Waals surface area contributed by atoms with Crippen molar-refractivity contribution in [1.29, 1.82) is 0 Å². The summed E-state index contributed by atoms with van der Waals surface area (Å²) in [6.45, 7) is 3.78. The lowest BCUT2D eigenvalue weighted by Gasteiger charge is -2.13. The topological polar surface area (TPSA) is 16.1 Å². The molecule has 2 bridgehead atoms. The van der Waals surface area contributed by atoms with Crippen molar-refractivity contribution >= 4 is 17.4 Å². The van der Waals surface area contributed by atoms with Crippen LogP contribution in [0.1, 0.15) is 11.4 Å². The molecule has 2 aliphatic rings. The normalized spacial score (nSPS) is 34.6. The van der Waals surface area contributed by atoms with Gasteiger partial charge >= 0.3 is 0 Å². The Morgan fingerprint density at radius 1 is 1.62 bits per heavy atom. The fourth-order valence-electron chi connectivity index (χ4n) is 2.29. The molecule has 0 amide bonds. The van der Waals surface area contributed by atoms with E-state index in [0.717, 1.165) is 5.92 Å². The van der Waals surface area contributed by atoms with Gasteiger partial charge in [-0.25, -0.2) is 4.98 Å². The van der Waals surface area contributed by atoms with Gasteiger partial charge in [0.15, 0.2) is 0 Å². The van der Waals surface area contributed by atoms with Crippen molar-refractivity contribution in [2.24, 2.45) is 5.92 Å². The van der Waals surface area contributed by atoms with Gasteiger partial charge in [0.05, 0.1) is 0 Å². The summed E-state index contributed by atoms with van der Waals surface area (Å²) in [5.41, 5.74) is 1.60. The largest absolute Gasteiger partial charge is 0.299 e. The second-order valence-corrected chi connectivity index (χ2v) is 4.74. The molecule has 0 N–H and O–H groups in total. The molecule has 0 saturated carbocycles. The van der Waals surface area contributed by atoms with Crippen molar-refractivity contribution in [3.05, 3.63) is 22.2 Å². The Morgan fingerprint density at radius 2 is 2.62 bits per heavy atom. The first-order valence-electron chi connectivity index (χ1n) is 4.74. The van der Waals surface area contributed by atoms with E-state index in [4.69, 9.17) is 0 Å². The SMILES string of the molecule is C(=C1CN2CCC1C2)c1nccs1. The summed E-state index contributed by atoms with van der Waals surface area (Å²) < 4.78 is 0. The molecule has 3 rings (SSSR count). The lowest BCUT2D eigenvalue weighted by atomic mass is 9.99. The minimum Gasteiger partial charge on any atom is -0.299 e. The molecule has 1 aromatic heterocycles. The molecule has 2 atom stereocenters. The highest BCUT2D eigenvalue weighted by Crippen LogP contribution is 2.33. The van der Waals surface area contributed by atoms with Gasteiger partial charge in [-0.2, -0.15) is 0 Å². The third-order valence-electron chi connectivity index (χ3n) is 2.96. The minimum absolute atomic E-state index is 0.837. The standard InChI is InChI=1S/C10H12N2S/c1-3-12-6-8(1)9(7-12)5-10-11-2-4-13-10/h2,4-5,8H,1,3,6-7H2. The first-order chi connectivity index (χ1) is 6.42. The predicted octanol–water partition coefficient (Wildman–Crippen LogP) is 1.86. The van der Waals surface area contributed by atoms with Crippen LogP contribution < -0.4 is 0 Å². The summed E-state index contributed by atoms with van der Waals surface area (Å²) in [7, 11) is 0. The third kappa shape index (κ3) is 1.32. The van der Waals surface area contributed by atoms with Crippen LogP contribution in [-0.2, 0) is 0 Å². The highest BCUT2D eigenvalue weighted by molar-refractivity contribution is 7.10. The van der Waals surface area contributed by atoms with Gasteiger partial charge in [0.1, 0.15) is 5.01 Å². The maximum absolute atomic E-state index is 4.29. The van der Waals surface area contributed by atoms with Gasteiger partial charge in [-0.05, 0) is 30.5 Å². The molecule has 2 unspecified atom stereocenters. The van der Waals surface area contributed by atoms with Crippen molar-refractivity contribution < 1.29 is 0 Å². The molecule has 0 aromatic carbocycles. The number of hydrogen-bond acceptors (Lipinski definition) is 3. The quantitative estimate of drug-likeness (QED) is 0.675. The van der Waals surface area contributed by atoms with Crippen LogP contribution in [0.25, 0.3) is 6.08 Å². The average molecular weight is 192 g/mol. The molecule has 2 nitrogen and oxygen atoms in total. The summed E-state index contributed by atoms with van der Waals surface area (Å²) in [5.74, 6) is 0.837. The average Bonchev–Trinajstić information content (AvgIpc) is 2.77. The van der Waals surface area contributed by atoms with Crippen LogP contribution in [0, 0.1) is 5.92 Å². The Kier molecular flexibility index (Phi) is 1.73. The van der Waals surface area contributed by atoms with Crippen LogP contribution in [0.5, 0.6) is 0 Å². The zero-order valence-corrected chi connectivity index (χ0v) is 8.26. The van der Waals surface area contributed by atoms with E-state index in [1.165, 1.54) is 31.1 Å². The summed E-state index contributed by atoms with van der Waals surface area (Å²) in [4.78, 5) is 6.82. The van der Waals surface area contributed by atoms with Crippen LogP contribution in [-0.4, -0.2) is 29.5 Å². The summed E-state index contributed by atoms with van der Waals surface area (Å²) in [6, 6.07) is 0. The zero-order chi connectivity index (χ0) is 8.67. The Hall–Kier alpha value is -0.670. The fourth-order valence-corrected chi connectivity index (χ4v) is 2.90. The van der Waals surface area contributed by atoms with E-state index in [2.05, 4.69) is 16.0 Å². The number of rotatable bonds is 1. The van der Waals surface area contributed by atoms with Crippen LogP contribution in [0.4, 0.5) is 0 Å². The number of fused-ring (bicyclic) bond motifs is 2. The Morgan fingerprint density at radius 3 is 3.23 bits per heavy atom. The molecular formula is C10H12N2S. The monoisotopic (exact) mass is 192 g/mol. The minimum atomic E-state index is 0.837. The van der Waals surface area contributed by atoms with Gasteiger partial charge < -0.3 is 0 Å². The number of nitrogens with zero attached hydrogens (tertiary/aromatic N) is 2. The second-order valence-electron chi connectivity index (χ2n) is 3.81. The third-order valence-corrected chi connectivity index (χ3v) is 3.69. The van der Waals surface area contributed by atoms with E-state index in [1.807, 2.05) is 11.6 Å². The lowest BCUT2D eigenvalue weighted by molar-refractivity contribution is 0.393. The zero-order valence-electron chi connectivity index (χ0n) is 7.44. The molecule has 1 aromatic rings. The summed E-state index contributed by atoms with van der Waals surface area (Å²) in [6.07, 6.45) is 5.52. The maximum Gasteiger partial charge on any atom is 0.116 e. The van der Waals surface area contributed by atoms with Gasteiger partial charge in [-0.3, -0.25) is 4.90 Å². The molecule has 2 fully saturated rings. The van der Waals surface area contributed by atoms with E-state index < -0.39 is 0 Å². The molecule has 0 radical (unpaired) electrons. The van der Waals surface area contributed by atoms with Crippen molar-refractivity contribution in [2.75, 3.05) is 19.6 Å². The molecule has 2 saturated heterocycles. The lowest BCUT2D eigenvalue weighted by Crippen LogP contribution is -2.17. The Bertz CT molecular complexity index is 329. The van der Waals surface area contributed by atoms with E-state index in [9.17, 15) is 0 Å². The van der Waals surface area contributed by atoms with Crippen LogP contribution >= 0.6 is 11.3 Å². The van der Waals surface area contributed by atoms with Crippen LogP contribution in [0.15, 0.2) is 17.2 Å². The predicted molar refractivity (Wildman–Crippen MR) is 54.6 cm³/mol. The van der Waals surface area contributed by atoms with Crippen LogP contribution in [0.2, 0.25) is 0 Å². The van der Waals surface area contributed by atoms with E-state index in [-0.39, 0.29) is 0 Å². The van der Waals surface area contributed by atoms with Crippen molar-refractivity contribution in [3.63, 3.8) is 0 Å². The number of aromatic nitrogens is 1. The fraction of sp³-hybridized carbons (Fsp3) is 0.500. The van der Waals surface area contributed by atoms with Crippen molar-refractivity contribution in [2.45, 2.75) is 6.42 Å². The number of hydrogen-bond donors (Lipinski definition) is 0. The van der Waals surface area contributed by atoms with E-state index in [1.54, 1.807) is 16.9 Å². The van der Waals surface area contributed by atoms with Crippen LogP contribution in [0.3, 0.4) is 0 Å². The molecule has 3 heteroatoms. The molecule has 3 heterocycles. The Labute approximate surface area is 81.9 Å². The first-order valence-corrected chi connectivity index (χ1v) is 5.62. The molecule has 2 aliphatic heterocycles. The van der Waals surface area contributed by atoms with Gasteiger partial charge in [0.2, 0.25) is 0 Å². The van der Waals surface area contributed by atoms with Gasteiger partial charge in [-0.15, -0.1) is 11.3 Å². The molecular weight excluding hydrogens is 180 g/mol. The Balaban J connectivity index is 1.86. The van der Waals surface area contributed by atoms with Gasteiger partial charge in [0, 0.05) is 24.7 Å². The molecule has 0 aliphatic carbocycles. The maximum atomic E-state index is 4.29. The first kappa shape index (κ1) is 7.71. The molecule has 0 spiro atoms. The highest BCUT2D eigenvalue weighted by Gasteiger charge is 2.33.